The smallest absolute Gasteiger partial charge is 0.222 e. The second-order valence-electron chi connectivity index (χ2n) is 6.34. The molecule has 0 spiro atoms. The molecule has 0 atom stereocenters. The van der Waals surface area contributed by atoms with Gasteiger partial charge in [0.15, 0.2) is 0 Å². The first-order valence-electron chi connectivity index (χ1n) is 8.26. The minimum Gasteiger partial charge on any atom is -0.476 e. The lowest BCUT2D eigenvalue weighted by Crippen LogP contribution is -2.19. The van der Waals surface area contributed by atoms with E-state index in [0.29, 0.717) is 18.1 Å². The molecule has 0 radical (unpaired) electrons. The summed E-state index contributed by atoms with van der Waals surface area (Å²) in [5.41, 5.74) is 3.87. The van der Waals surface area contributed by atoms with E-state index in [0.717, 1.165) is 28.4 Å². The molecule has 1 heterocycles. The van der Waals surface area contributed by atoms with Gasteiger partial charge < -0.3 is 9.64 Å². The molecule has 2 aromatic carbocycles. The van der Waals surface area contributed by atoms with Crippen molar-refractivity contribution in [2.24, 2.45) is 0 Å². The average molecular weight is 331 g/mol. The monoisotopic (exact) mass is 331 g/mol. The summed E-state index contributed by atoms with van der Waals surface area (Å²) in [5, 5.41) is 11.3. The van der Waals surface area contributed by atoms with E-state index < -0.39 is 0 Å². The molecule has 0 fully saturated rings. The van der Waals surface area contributed by atoms with Crippen molar-refractivity contribution >= 4 is 10.8 Å². The highest BCUT2D eigenvalue weighted by Gasteiger charge is 2.14. The van der Waals surface area contributed by atoms with Gasteiger partial charge in [-0.3, -0.25) is 0 Å². The highest BCUT2D eigenvalue weighted by atomic mass is 16.5. The minimum atomic E-state index is 0.519. The fourth-order valence-corrected chi connectivity index (χ4v) is 2.83. The van der Waals surface area contributed by atoms with Crippen molar-refractivity contribution in [3.05, 3.63) is 59.8 Å². The standard InChI is InChI=1S/C21H21N3O/c1-15-6-4-7-16(12-15)19-14-23-21(25-11-10-24(2)3)20-17(13-22)8-5-9-18(19)20/h4-9,12,14H,10-11H2,1-3H3. The summed E-state index contributed by atoms with van der Waals surface area (Å²) in [7, 11) is 3.99. The molecule has 3 aromatic rings. The van der Waals surface area contributed by atoms with Crippen LogP contribution in [0.15, 0.2) is 48.7 Å². The molecule has 4 nitrogen and oxygen atoms in total. The fourth-order valence-electron chi connectivity index (χ4n) is 2.83. The van der Waals surface area contributed by atoms with Gasteiger partial charge in [0.05, 0.1) is 17.0 Å². The van der Waals surface area contributed by atoms with E-state index >= 15 is 0 Å². The van der Waals surface area contributed by atoms with Crippen LogP contribution >= 0.6 is 0 Å². The zero-order valence-corrected chi connectivity index (χ0v) is 14.8. The van der Waals surface area contributed by atoms with Crippen LogP contribution < -0.4 is 4.74 Å². The number of hydrogen-bond acceptors (Lipinski definition) is 4. The molecule has 1 aromatic heterocycles. The maximum absolute atomic E-state index is 9.54. The fraction of sp³-hybridized carbons (Fsp3) is 0.238. The molecule has 0 saturated heterocycles. The van der Waals surface area contributed by atoms with Crippen LogP contribution in [0.4, 0.5) is 0 Å². The Hall–Kier alpha value is -2.90. The summed E-state index contributed by atoms with van der Waals surface area (Å²) in [4.78, 5) is 6.58. The highest BCUT2D eigenvalue weighted by molar-refractivity contribution is 6.01. The average Bonchev–Trinajstić information content (AvgIpc) is 2.60. The van der Waals surface area contributed by atoms with Crippen LogP contribution in [0, 0.1) is 18.3 Å². The van der Waals surface area contributed by atoms with Crippen LogP contribution in [0.25, 0.3) is 21.9 Å². The van der Waals surface area contributed by atoms with Gasteiger partial charge in [0.2, 0.25) is 5.88 Å². The molecule has 0 aliphatic carbocycles. The minimum absolute atomic E-state index is 0.519. The Morgan fingerprint density at radius 1 is 1.16 bits per heavy atom. The molecule has 4 heteroatoms. The Morgan fingerprint density at radius 2 is 1.96 bits per heavy atom. The van der Waals surface area contributed by atoms with E-state index in [2.05, 4.69) is 41.1 Å². The zero-order chi connectivity index (χ0) is 17.8. The number of aryl methyl sites for hydroxylation is 1. The normalized spacial score (nSPS) is 10.8. The van der Waals surface area contributed by atoms with Gasteiger partial charge in [0.1, 0.15) is 6.61 Å². The maximum Gasteiger partial charge on any atom is 0.222 e. The summed E-state index contributed by atoms with van der Waals surface area (Å²) in [6.07, 6.45) is 1.84. The van der Waals surface area contributed by atoms with Crippen LogP contribution in [-0.4, -0.2) is 37.1 Å². The number of nitriles is 1. The number of ether oxygens (including phenoxy) is 1. The molecule has 0 amide bonds. The van der Waals surface area contributed by atoms with E-state index in [1.165, 1.54) is 5.56 Å². The van der Waals surface area contributed by atoms with Gasteiger partial charge in [-0.15, -0.1) is 0 Å². The third-order valence-electron chi connectivity index (χ3n) is 4.11. The van der Waals surface area contributed by atoms with Crippen LogP contribution in [0.3, 0.4) is 0 Å². The Kier molecular flexibility index (Phi) is 4.97. The third-order valence-corrected chi connectivity index (χ3v) is 4.11. The van der Waals surface area contributed by atoms with Crippen molar-refractivity contribution in [3.63, 3.8) is 0 Å². The Morgan fingerprint density at radius 3 is 2.68 bits per heavy atom. The first-order chi connectivity index (χ1) is 12.1. The number of benzene rings is 2. The molecular weight excluding hydrogens is 310 g/mol. The number of nitrogens with zero attached hydrogens (tertiary/aromatic N) is 3. The van der Waals surface area contributed by atoms with Crippen LogP contribution in [-0.2, 0) is 0 Å². The molecule has 126 valence electrons. The molecule has 0 unspecified atom stereocenters. The van der Waals surface area contributed by atoms with Crippen LogP contribution in [0.2, 0.25) is 0 Å². The van der Waals surface area contributed by atoms with E-state index in [1.54, 1.807) is 0 Å². The van der Waals surface area contributed by atoms with E-state index in [4.69, 9.17) is 4.74 Å². The van der Waals surface area contributed by atoms with Crippen molar-refractivity contribution < 1.29 is 4.74 Å². The Bertz CT molecular complexity index is 942. The molecule has 0 N–H and O–H groups in total. The molecule has 0 bridgehead atoms. The van der Waals surface area contributed by atoms with E-state index in [9.17, 15) is 5.26 Å². The highest BCUT2D eigenvalue weighted by Crippen LogP contribution is 2.34. The number of rotatable bonds is 5. The number of aromatic nitrogens is 1. The SMILES string of the molecule is Cc1cccc(-c2cnc(OCCN(C)C)c3c(C#N)cccc23)c1. The quantitative estimate of drug-likeness (QED) is 0.708. The van der Waals surface area contributed by atoms with Gasteiger partial charge >= 0.3 is 0 Å². The van der Waals surface area contributed by atoms with Gasteiger partial charge in [0.25, 0.3) is 0 Å². The van der Waals surface area contributed by atoms with Crippen molar-refractivity contribution in [1.82, 2.24) is 9.88 Å². The van der Waals surface area contributed by atoms with E-state index in [-0.39, 0.29) is 0 Å². The maximum atomic E-state index is 9.54. The van der Waals surface area contributed by atoms with Crippen LogP contribution in [0.5, 0.6) is 5.88 Å². The summed E-state index contributed by atoms with van der Waals surface area (Å²) >= 11 is 0. The predicted molar refractivity (Wildman–Crippen MR) is 101 cm³/mol. The summed E-state index contributed by atoms with van der Waals surface area (Å²) < 4.78 is 5.88. The second-order valence-corrected chi connectivity index (χ2v) is 6.34. The van der Waals surface area contributed by atoms with Crippen molar-refractivity contribution in [2.45, 2.75) is 6.92 Å². The van der Waals surface area contributed by atoms with Crippen molar-refractivity contribution in [3.8, 4) is 23.1 Å². The number of fused-ring (bicyclic) bond motifs is 1. The molecule has 25 heavy (non-hydrogen) atoms. The van der Waals surface area contributed by atoms with Gasteiger partial charge in [-0.2, -0.15) is 5.26 Å². The topological polar surface area (TPSA) is 49.1 Å². The van der Waals surface area contributed by atoms with Gasteiger partial charge in [0, 0.05) is 18.3 Å². The number of pyridine rings is 1. The Balaban J connectivity index is 2.14. The third kappa shape index (κ3) is 3.62. The molecule has 0 aliphatic heterocycles. The molecule has 0 saturated carbocycles. The zero-order valence-electron chi connectivity index (χ0n) is 14.8. The number of likely N-dealkylation sites (N-methyl/N-ethyl adjacent to an activating group) is 1. The summed E-state index contributed by atoms with van der Waals surface area (Å²) in [6.45, 7) is 3.38. The predicted octanol–water partition coefficient (Wildman–Crippen LogP) is 4.02. The van der Waals surface area contributed by atoms with Gasteiger partial charge in [-0.1, -0.05) is 42.0 Å². The van der Waals surface area contributed by atoms with Gasteiger partial charge in [-0.25, -0.2) is 4.98 Å². The summed E-state index contributed by atoms with van der Waals surface area (Å²) in [6, 6.07) is 16.3. The first kappa shape index (κ1) is 16.9. The summed E-state index contributed by atoms with van der Waals surface area (Å²) in [5.74, 6) is 0.519. The lowest BCUT2D eigenvalue weighted by molar-refractivity contribution is 0.256. The van der Waals surface area contributed by atoms with Crippen LogP contribution in [0.1, 0.15) is 11.1 Å². The second kappa shape index (κ2) is 7.33. The first-order valence-corrected chi connectivity index (χ1v) is 8.26. The lowest BCUT2D eigenvalue weighted by atomic mass is 9.97. The molecule has 0 aliphatic rings. The largest absolute Gasteiger partial charge is 0.476 e. The van der Waals surface area contributed by atoms with Crippen molar-refractivity contribution in [1.29, 1.82) is 5.26 Å². The van der Waals surface area contributed by atoms with Gasteiger partial charge in [-0.05, 0) is 38.0 Å². The lowest BCUT2D eigenvalue weighted by Gasteiger charge is -2.14. The molecule has 3 rings (SSSR count). The molecular formula is C21H21N3O. The number of hydrogen-bond donors (Lipinski definition) is 0. The van der Waals surface area contributed by atoms with Crippen molar-refractivity contribution in [2.75, 3.05) is 27.2 Å². The van der Waals surface area contributed by atoms with E-state index in [1.807, 2.05) is 44.6 Å². The Labute approximate surface area is 148 Å².